The lowest BCUT2D eigenvalue weighted by atomic mass is 10.1. The fraction of sp³-hybridized carbons (Fsp3) is 0.400. The van der Waals surface area contributed by atoms with Crippen molar-refractivity contribution in [1.29, 1.82) is 0 Å². The molecule has 2 N–H and O–H groups in total. The summed E-state index contributed by atoms with van der Waals surface area (Å²) in [5, 5.41) is 0. The van der Waals surface area contributed by atoms with Crippen molar-refractivity contribution in [2.75, 3.05) is 46.7 Å². The van der Waals surface area contributed by atoms with E-state index in [0.717, 1.165) is 21.7 Å². The van der Waals surface area contributed by atoms with Gasteiger partial charge < -0.3 is 14.5 Å². The molecule has 0 saturated carbocycles. The number of aryl methyl sites for hydroxylation is 1. The van der Waals surface area contributed by atoms with E-state index in [1.165, 1.54) is 7.11 Å². The molecule has 148 valence electrons. The molecule has 0 aliphatic carbocycles. The molecule has 2 rings (SSSR count). The molecule has 6 nitrogen and oxygen atoms in total. The zero-order valence-electron chi connectivity index (χ0n) is 16.9. The molecule has 27 heavy (non-hydrogen) atoms. The zero-order chi connectivity index (χ0) is 20.2. The first-order valence-corrected chi connectivity index (χ1v) is 10.4. The maximum atomic E-state index is 12.9. The van der Waals surface area contributed by atoms with Crippen LogP contribution in [0.3, 0.4) is 0 Å². The van der Waals surface area contributed by atoms with Crippen molar-refractivity contribution >= 4 is 15.7 Å². The fourth-order valence-electron chi connectivity index (χ4n) is 2.92. The summed E-state index contributed by atoms with van der Waals surface area (Å²) in [6.45, 7) is 2.15. The van der Waals surface area contributed by atoms with Crippen molar-refractivity contribution in [2.24, 2.45) is 0 Å². The Balaban J connectivity index is 2.24. The van der Waals surface area contributed by atoms with Gasteiger partial charge in [0.1, 0.15) is 16.7 Å². The number of sulfonamides is 1. The molecule has 0 bridgehead atoms. The van der Waals surface area contributed by atoms with Crippen LogP contribution in [0.2, 0.25) is 0 Å². The van der Waals surface area contributed by atoms with Crippen molar-refractivity contribution in [3.05, 3.63) is 53.6 Å². The van der Waals surface area contributed by atoms with Crippen LogP contribution in [0.25, 0.3) is 0 Å². The molecule has 0 fully saturated rings. The first-order chi connectivity index (χ1) is 12.7. The van der Waals surface area contributed by atoms with Gasteiger partial charge in [-0.15, -0.1) is 0 Å². The molecule has 0 spiro atoms. The zero-order valence-corrected chi connectivity index (χ0v) is 17.7. The third-order valence-corrected chi connectivity index (χ3v) is 6.04. The molecular formula is C20H30N3O3S+. The molecule has 2 aromatic rings. The van der Waals surface area contributed by atoms with Gasteiger partial charge in [-0.3, -0.25) is 0 Å². The van der Waals surface area contributed by atoms with E-state index < -0.39 is 10.0 Å². The van der Waals surface area contributed by atoms with Crippen molar-refractivity contribution in [3.8, 4) is 5.75 Å². The number of nitrogens with one attached hydrogen (secondary N) is 2. The number of hydrogen-bond acceptors (Lipinski definition) is 4. The number of likely N-dealkylation sites (N-methyl/N-ethyl adjacent to an activating group) is 1. The SMILES string of the molecule is COc1ccc(C)cc1S(=O)(=O)NC[C@@H](c1ccc(N(C)C)cc1)[NH+](C)C. The van der Waals surface area contributed by atoms with Gasteiger partial charge in [0.2, 0.25) is 10.0 Å². The predicted octanol–water partition coefficient (Wildman–Crippen LogP) is 1.23. The minimum absolute atomic E-state index is 0.00760. The molecule has 0 amide bonds. The average Bonchev–Trinajstić information content (AvgIpc) is 2.62. The van der Waals surface area contributed by atoms with Crippen LogP contribution < -0.4 is 19.3 Å². The predicted molar refractivity (Wildman–Crippen MR) is 109 cm³/mol. The van der Waals surface area contributed by atoms with Gasteiger partial charge >= 0.3 is 0 Å². The molecule has 0 aliphatic heterocycles. The third kappa shape index (κ3) is 5.22. The molecule has 0 aromatic heterocycles. The van der Waals surface area contributed by atoms with E-state index in [1.807, 2.05) is 58.2 Å². The largest absolute Gasteiger partial charge is 0.495 e. The lowest BCUT2D eigenvalue weighted by Crippen LogP contribution is -3.07. The van der Waals surface area contributed by atoms with Gasteiger partial charge in [0.25, 0.3) is 0 Å². The highest BCUT2D eigenvalue weighted by Crippen LogP contribution is 2.25. The second-order valence-corrected chi connectivity index (χ2v) is 8.86. The number of quaternary nitrogens is 1. The van der Waals surface area contributed by atoms with Gasteiger partial charge in [0, 0.05) is 25.3 Å². The van der Waals surface area contributed by atoms with E-state index in [9.17, 15) is 8.42 Å². The van der Waals surface area contributed by atoms with Gasteiger partial charge in [0.05, 0.1) is 27.7 Å². The number of nitrogens with zero attached hydrogens (tertiary/aromatic N) is 1. The highest BCUT2D eigenvalue weighted by atomic mass is 32.2. The number of anilines is 1. The van der Waals surface area contributed by atoms with Crippen LogP contribution in [0.5, 0.6) is 5.75 Å². The molecule has 2 aromatic carbocycles. The number of ether oxygens (including phenoxy) is 1. The Labute approximate surface area is 162 Å². The number of hydrogen-bond donors (Lipinski definition) is 2. The van der Waals surface area contributed by atoms with Gasteiger partial charge in [0.15, 0.2) is 0 Å². The number of methoxy groups -OCH3 is 1. The molecular weight excluding hydrogens is 362 g/mol. The highest BCUT2D eigenvalue weighted by molar-refractivity contribution is 7.89. The van der Waals surface area contributed by atoms with Crippen LogP contribution >= 0.6 is 0 Å². The molecule has 1 atom stereocenters. The van der Waals surface area contributed by atoms with Gasteiger partial charge in [-0.1, -0.05) is 18.2 Å². The van der Waals surface area contributed by atoms with E-state index in [-0.39, 0.29) is 10.9 Å². The first-order valence-electron chi connectivity index (χ1n) is 8.87. The summed E-state index contributed by atoms with van der Waals surface area (Å²) in [6.07, 6.45) is 0. The Bertz CT molecular complexity index is 863. The lowest BCUT2D eigenvalue weighted by molar-refractivity contribution is -0.890. The summed E-state index contributed by atoms with van der Waals surface area (Å²) in [5.74, 6) is 0.345. The Hall–Kier alpha value is -2.09. The topological polar surface area (TPSA) is 63.1 Å². The summed E-state index contributed by atoms with van der Waals surface area (Å²) < 4.78 is 33.7. The van der Waals surface area contributed by atoms with E-state index in [0.29, 0.717) is 12.3 Å². The maximum Gasteiger partial charge on any atom is 0.244 e. The minimum atomic E-state index is -3.68. The van der Waals surface area contributed by atoms with Crippen LogP contribution in [0, 0.1) is 6.92 Å². The first kappa shape index (κ1) is 21.2. The summed E-state index contributed by atoms with van der Waals surface area (Å²) in [7, 11) is 5.82. The Morgan fingerprint density at radius 3 is 2.26 bits per heavy atom. The van der Waals surface area contributed by atoms with Crippen LogP contribution in [0.4, 0.5) is 5.69 Å². The quantitative estimate of drug-likeness (QED) is 0.709. The van der Waals surface area contributed by atoms with Crippen molar-refractivity contribution < 1.29 is 18.1 Å². The van der Waals surface area contributed by atoms with E-state index in [1.54, 1.807) is 12.1 Å². The van der Waals surface area contributed by atoms with Crippen molar-refractivity contribution in [2.45, 2.75) is 17.9 Å². The Kier molecular flexibility index (Phi) is 6.86. The van der Waals surface area contributed by atoms with E-state index in [4.69, 9.17) is 4.74 Å². The van der Waals surface area contributed by atoms with Crippen LogP contribution in [0.1, 0.15) is 17.2 Å². The molecule has 0 radical (unpaired) electrons. The molecule has 0 saturated heterocycles. The second kappa shape index (κ2) is 8.73. The van der Waals surface area contributed by atoms with E-state index in [2.05, 4.69) is 16.9 Å². The smallest absolute Gasteiger partial charge is 0.244 e. The van der Waals surface area contributed by atoms with Crippen LogP contribution in [0.15, 0.2) is 47.4 Å². The molecule has 0 aliphatic rings. The van der Waals surface area contributed by atoms with E-state index >= 15 is 0 Å². The van der Waals surface area contributed by atoms with Gasteiger partial charge in [-0.25, -0.2) is 13.1 Å². The van der Waals surface area contributed by atoms with Crippen LogP contribution in [-0.4, -0.2) is 50.3 Å². The van der Waals surface area contributed by atoms with Crippen LogP contribution in [-0.2, 0) is 10.0 Å². The Morgan fingerprint density at radius 1 is 1.11 bits per heavy atom. The molecule has 0 heterocycles. The number of benzene rings is 2. The molecule has 0 unspecified atom stereocenters. The van der Waals surface area contributed by atoms with Crippen molar-refractivity contribution in [1.82, 2.24) is 4.72 Å². The normalized spacial score (nSPS) is 12.9. The van der Waals surface area contributed by atoms with Gasteiger partial charge in [-0.2, -0.15) is 0 Å². The summed E-state index contributed by atoms with van der Waals surface area (Å²) in [5.41, 5.74) is 3.06. The lowest BCUT2D eigenvalue weighted by Gasteiger charge is -2.23. The summed E-state index contributed by atoms with van der Waals surface area (Å²) >= 11 is 0. The van der Waals surface area contributed by atoms with Gasteiger partial charge in [-0.05, 0) is 36.8 Å². The highest BCUT2D eigenvalue weighted by Gasteiger charge is 2.24. The van der Waals surface area contributed by atoms with Crippen molar-refractivity contribution in [3.63, 3.8) is 0 Å². The summed E-state index contributed by atoms with van der Waals surface area (Å²) in [6, 6.07) is 13.3. The third-order valence-electron chi connectivity index (χ3n) is 4.59. The maximum absolute atomic E-state index is 12.9. The standard InChI is InChI=1S/C20H29N3O3S/c1-15-7-12-19(26-6)20(13-15)27(24,25)21-14-18(23(4)5)16-8-10-17(11-9-16)22(2)3/h7-13,18,21H,14H2,1-6H3/p+1/t18-/m0/s1. The fourth-order valence-corrected chi connectivity index (χ4v) is 4.22. The number of rotatable bonds is 8. The molecule has 7 heteroatoms. The Morgan fingerprint density at radius 2 is 1.74 bits per heavy atom. The second-order valence-electron chi connectivity index (χ2n) is 7.12. The average molecular weight is 393 g/mol. The minimum Gasteiger partial charge on any atom is -0.495 e. The summed E-state index contributed by atoms with van der Waals surface area (Å²) in [4.78, 5) is 3.35. The monoisotopic (exact) mass is 392 g/mol.